The lowest BCUT2D eigenvalue weighted by atomic mass is 10.1. The van der Waals surface area contributed by atoms with Crippen molar-refractivity contribution in [1.82, 2.24) is 8.87 Å². The molecule has 156 valence electrons. The van der Waals surface area contributed by atoms with E-state index < -0.39 is 44.7 Å². The number of sulfonamides is 1. The molecule has 0 bridgehead atoms. The Morgan fingerprint density at radius 2 is 1.72 bits per heavy atom. The zero-order valence-electron chi connectivity index (χ0n) is 15.6. The van der Waals surface area contributed by atoms with Crippen LogP contribution in [-0.2, 0) is 17.1 Å². The summed E-state index contributed by atoms with van der Waals surface area (Å²) in [6.07, 6.45) is 3.80. The molecular weight excluding hydrogens is 406 g/mol. The molecule has 8 nitrogen and oxygen atoms in total. The third-order valence-corrected chi connectivity index (χ3v) is 6.60. The highest BCUT2D eigenvalue weighted by atomic mass is 32.2. The number of piperidine rings is 1. The molecule has 1 aliphatic heterocycles. The molecule has 2 aromatic rings. The van der Waals surface area contributed by atoms with E-state index in [4.69, 9.17) is 5.73 Å². The van der Waals surface area contributed by atoms with Crippen LogP contribution in [0.3, 0.4) is 0 Å². The molecule has 1 fully saturated rings. The highest BCUT2D eigenvalue weighted by molar-refractivity contribution is 7.89. The van der Waals surface area contributed by atoms with Gasteiger partial charge >= 0.3 is 0 Å². The van der Waals surface area contributed by atoms with Gasteiger partial charge in [-0.05, 0) is 25.0 Å². The molecule has 0 saturated carbocycles. The van der Waals surface area contributed by atoms with E-state index in [0.29, 0.717) is 19.2 Å². The number of carbonyl (C=O) groups excluding carboxylic acids is 2. The number of aryl methyl sites for hydroxylation is 1. The van der Waals surface area contributed by atoms with Gasteiger partial charge in [-0.2, -0.15) is 4.31 Å². The van der Waals surface area contributed by atoms with Crippen LogP contribution < -0.4 is 11.1 Å². The van der Waals surface area contributed by atoms with E-state index in [2.05, 4.69) is 5.32 Å². The average Bonchev–Trinajstić information content (AvgIpc) is 3.07. The van der Waals surface area contributed by atoms with E-state index in [9.17, 15) is 26.8 Å². The van der Waals surface area contributed by atoms with Crippen molar-refractivity contribution < 1.29 is 26.8 Å². The van der Waals surface area contributed by atoms with Crippen molar-refractivity contribution in [1.29, 1.82) is 0 Å². The molecule has 0 aliphatic carbocycles. The van der Waals surface area contributed by atoms with Gasteiger partial charge in [0.15, 0.2) is 0 Å². The molecule has 0 radical (unpaired) electrons. The normalized spacial score (nSPS) is 15.3. The minimum Gasteiger partial charge on any atom is -0.366 e. The Kier molecular flexibility index (Phi) is 5.71. The molecule has 3 N–H and O–H groups in total. The van der Waals surface area contributed by atoms with Crippen molar-refractivity contribution in [3.8, 4) is 0 Å². The van der Waals surface area contributed by atoms with E-state index in [1.165, 1.54) is 28.2 Å². The van der Waals surface area contributed by atoms with Crippen LogP contribution in [0.4, 0.5) is 14.5 Å². The first-order valence-corrected chi connectivity index (χ1v) is 10.3. The number of nitrogens with zero attached hydrogens (tertiary/aromatic N) is 2. The Morgan fingerprint density at radius 1 is 1.07 bits per heavy atom. The number of anilines is 1. The summed E-state index contributed by atoms with van der Waals surface area (Å²) >= 11 is 0. The number of carbonyl (C=O) groups is 2. The maximum atomic E-state index is 14.0. The van der Waals surface area contributed by atoms with Crippen molar-refractivity contribution >= 4 is 27.5 Å². The first-order valence-electron chi connectivity index (χ1n) is 8.88. The zero-order valence-corrected chi connectivity index (χ0v) is 16.4. The van der Waals surface area contributed by atoms with Gasteiger partial charge in [-0.25, -0.2) is 17.2 Å². The molecule has 11 heteroatoms. The molecule has 1 aliphatic rings. The van der Waals surface area contributed by atoms with Crippen molar-refractivity contribution in [2.45, 2.75) is 24.2 Å². The fraction of sp³-hybridized carbons (Fsp3) is 0.333. The number of halogens is 2. The molecule has 1 aromatic heterocycles. The molecule has 1 saturated heterocycles. The second-order valence-electron chi connectivity index (χ2n) is 6.77. The number of aromatic nitrogens is 1. The number of hydrogen-bond donors (Lipinski definition) is 2. The third-order valence-electron chi connectivity index (χ3n) is 4.74. The van der Waals surface area contributed by atoms with Crippen molar-refractivity contribution in [2.24, 2.45) is 12.8 Å². The van der Waals surface area contributed by atoms with Crippen molar-refractivity contribution in [2.75, 3.05) is 18.4 Å². The van der Waals surface area contributed by atoms with Gasteiger partial charge in [0, 0.05) is 32.4 Å². The Labute approximate surface area is 166 Å². The second-order valence-corrected chi connectivity index (χ2v) is 8.70. The Hall–Kier alpha value is -2.79. The monoisotopic (exact) mass is 426 g/mol. The summed E-state index contributed by atoms with van der Waals surface area (Å²) in [7, 11) is -2.28. The minimum atomic E-state index is -3.75. The number of amides is 2. The summed E-state index contributed by atoms with van der Waals surface area (Å²) in [5, 5.41) is 2.22. The maximum absolute atomic E-state index is 14.0. The lowest BCUT2D eigenvalue weighted by Crippen LogP contribution is -2.35. The lowest BCUT2D eigenvalue weighted by Gasteiger charge is -2.25. The van der Waals surface area contributed by atoms with Crippen LogP contribution in [-0.4, -0.2) is 42.2 Å². The van der Waals surface area contributed by atoms with Crippen LogP contribution in [0.25, 0.3) is 0 Å². The minimum absolute atomic E-state index is 0.0510. The molecule has 0 spiro atoms. The van der Waals surface area contributed by atoms with Gasteiger partial charge in [0.05, 0.1) is 11.3 Å². The largest absolute Gasteiger partial charge is 0.366 e. The Morgan fingerprint density at radius 3 is 2.34 bits per heavy atom. The van der Waals surface area contributed by atoms with E-state index in [0.717, 1.165) is 25.3 Å². The number of primary amides is 1. The number of hydrogen-bond acceptors (Lipinski definition) is 4. The van der Waals surface area contributed by atoms with Gasteiger partial charge in [0.1, 0.15) is 22.2 Å². The summed E-state index contributed by atoms with van der Waals surface area (Å²) in [5.41, 5.74) is 3.95. The quantitative estimate of drug-likeness (QED) is 0.759. The lowest BCUT2D eigenvalue weighted by molar-refractivity contribution is 0.0991. The van der Waals surface area contributed by atoms with Gasteiger partial charge in [-0.1, -0.05) is 6.42 Å². The topological polar surface area (TPSA) is 114 Å². The SMILES string of the molecule is Cn1cc(S(=O)(=O)N2CCCCC2)cc1C(=O)Nc1cc(C(N)=O)c(F)cc1F. The first kappa shape index (κ1) is 20.9. The van der Waals surface area contributed by atoms with Crippen LogP contribution >= 0.6 is 0 Å². The molecule has 0 unspecified atom stereocenters. The molecule has 2 amide bonds. The summed E-state index contributed by atoms with van der Waals surface area (Å²) in [6, 6.07) is 2.42. The molecule has 3 rings (SSSR count). The number of benzene rings is 1. The summed E-state index contributed by atoms with van der Waals surface area (Å²) in [4.78, 5) is 23.7. The molecular formula is C18H20F2N4O4S. The maximum Gasteiger partial charge on any atom is 0.272 e. The standard InChI is InChI=1S/C18H20F2N4O4S/c1-23-10-11(29(27,28)24-5-3-2-4-6-24)7-16(23)18(26)22-15-8-12(17(21)25)13(19)9-14(15)20/h7-10H,2-6H2,1H3,(H2,21,25)(H,22,26). The van der Waals surface area contributed by atoms with Crippen molar-refractivity contribution in [3.63, 3.8) is 0 Å². The average molecular weight is 426 g/mol. The van der Waals surface area contributed by atoms with E-state index in [1.54, 1.807) is 0 Å². The number of rotatable bonds is 5. The van der Waals surface area contributed by atoms with Crippen molar-refractivity contribution in [3.05, 3.63) is 47.3 Å². The second kappa shape index (κ2) is 7.91. The first-order chi connectivity index (χ1) is 13.6. The number of nitrogens with one attached hydrogen (secondary N) is 1. The predicted molar refractivity (Wildman–Crippen MR) is 101 cm³/mol. The van der Waals surface area contributed by atoms with E-state index >= 15 is 0 Å². The van der Waals surface area contributed by atoms with Crippen LogP contribution in [0, 0.1) is 11.6 Å². The molecule has 1 aromatic carbocycles. The van der Waals surface area contributed by atoms with Gasteiger partial charge < -0.3 is 15.6 Å². The molecule has 0 atom stereocenters. The fourth-order valence-corrected chi connectivity index (χ4v) is 4.76. The van der Waals surface area contributed by atoms with Gasteiger partial charge in [0.2, 0.25) is 10.0 Å². The van der Waals surface area contributed by atoms with Gasteiger partial charge in [-0.15, -0.1) is 0 Å². The van der Waals surface area contributed by atoms with Crippen LogP contribution in [0.1, 0.15) is 40.1 Å². The highest BCUT2D eigenvalue weighted by Gasteiger charge is 2.28. The Balaban J connectivity index is 1.88. The highest BCUT2D eigenvalue weighted by Crippen LogP contribution is 2.24. The van der Waals surface area contributed by atoms with E-state index in [1.807, 2.05) is 0 Å². The molecule has 29 heavy (non-hydrogen) atoms. The molecule has 2 heterocycles. The van der Waals surface area contributed by atoms with E-state index in [-0.39, 0.29) is 10.6 Å². The number of nitrogens with two attached hydrogens (primary N) is 1. The zero-order chi connectivity index (χ0) is 21.3. The third kappa shape index (κ3) is 4.15. The van der Waals surface area contributed by atoms with Crippen LogP contribution in [0.15, 0.2) is 29.3 Å². The Bertz CT molecular complexity index is 1080. The van der Waals surface area contributed by atoms with Gasteiger partial charge in [-0.3, -0.25) is 9.59 Å². The predicted octanol–water partition coefficient (Wildman–Crippen LogP) is 1.83. The van der Waals surface area contributed by atoms with Crippen LogP contribution in [0.5, 0.6) is 0 Å². The summed E-state index contributed by atoms with van der Waals surface area (Å²) < 4.78 is 55.8. The summed E-state index contributed by atoms with van der Waals surface area (Å²) in [6.45, 7) is 0.824. The summed E-state index contributed by atoms with van der Waals surface area (Å²) in [5.74, 6) is -4.20. The fourth-order valence-electron chi connectivity index (χ4n) is 3.18. The van der Waals surface area contributed by atoms with Crippen LogP contribution in [0.2, 0.25) is 0 Å². The van der Waals surface area contributed by atoms with Gasteiger partial charge in [0.25, 0.3) is 11.8 Å². The smallest absolute Gasteiger partial charge is 0.272 e.